The van der Waals surface area contributed by atoms with Crippen LogP contribution in [0.1, 0.15) is 200 Å². The highest BCUT2D eigenvalue weighted by atomic mass is 31.2. The van der Waals surface area contributed by atoms with Gasteiger partial charge in [-0.2, -0.15) is 0 Å². The SMILES string of the molecule is CCCCCCCCC/C=C\CCCCCCCC(=O)O[C@H](COCCCCCCCCCCCCCCCC)COP(=O)(O)OCCN. The molecule has 0 bridgehead atoms. The van der Waals surface area contributed by atoms with Gasteiger partial charge < -0.3 is 20.1 Å². The third-order valence-corrected chi connectivity index (χ3v) is 9.92. The predicted octanol–water partition coefficient (Wildman–Crippen LogP) is 11.9. The molecule has 0 aromatic rings. The van der Waals surface area contributed by atoms with Crippen molar-refractivity contribution in [1.82, 2.24) is 0 Å². The van der Waals surface area contributed by atoms with Crippen molar-refractivity contribution in [2.24, 2.45) is 5.73 Å². The lowest BCUT2D eigenvalue weighted by Crippen LogP contribution is -2.28. The number of unbranched alkanes of at least 4 members (excludes halogenated alkanes) is 25. The fourth-order valence-corrected chi connectivity index (χ4v) is 6.64. The van der Waals surface area contributed by atoms with Crippen LogP contribution in [-0.2, 0) is 27.9 Å². The molecule has 0 aromatic heterocycles. The molecule has 0 amide bonds. The molecule has 0 aliphatic carbocycles. The van der Waals surface area contributed by atoms with E-state index in [0.717, 1.165) is 44.9 Å². The number of rotatable bonds is 40. The minimum atomic E-state index is -4.27. The Balaban J connectivity index is 4.04. The van der Waals surface area contributed by atoms with Crippen molar-refractivity contribution in [2.45, 2.75) is 206 Å². The van der Waals surface area contributed by atoms with Crippen LogP contribution in [0.5, 0.6) is 0 Å². The van der Waals surface area contributed by atoms with Gasteiger partial charge in [0.05, 0.1) is 19.8 Å². The second-order valence-corrected chi connectivity index (χ2v) is 15.3. The third-order valence-electron chi connectivity index (χ3n) is 8.93. The quantitative estimate of drug-likeness (QED) is 0.0278. The average Bonchev–Trinajstić information content (AvgIpc) is 3.09. The van der Waals surface area contributed by atoms with Gasteiger partial charge in [0.1, 0.15) is 6.10 Å². The van der Waals surface area contributed by atoms with Crippen molar-refractivity contribution in [2.75, 3.05) is 33.0 Å². The standard InChI is InChI=1S/C40H80NO7P/c1-3-5-7-9-11-13-15-17-19-20-21-23-25-27-29-31-33-40(42)48-39(38-47-49(43,44)46-36-34-41)37-45-35-32-30-28-26-24-22-18-16-14-12-10-8-6-4-2/h19-20,39H,3-18,21-38,41H2,1-2H3,(H,43,44)/b20-19-/t39-/m1/s1. The summed E-state index contributed by atoms with van der Waals surface area (Å²) in [5.74, 6) is -0.336. The van der Waals surface area contributed by atoms with Crippen LogP contribution in [0.3, 0.4) is 0 Å². The van der Waals surface area contributed by atoms with Gasteiger partial charge in [0.2, 0.25) is 0 Å². The molecule has 0 heterocycles. The molecule has 0 aromatic carbocycles. The molecule has 0 saturated heterocycles. The van der Waals surface area contributed by atoms with Crippen LogP contribution in [0.25, 0.3) is 0 Å². The number of phosphoric acid groups is 1. The van der Waals surface area contributed by atoms with E-state index in [9.17, 15) is 14.3 Å². The van der Waals surface area contributed by atoms with Crippen LogP contribution in [-0.4, -0.2) is 49.9 Å². The molecule has 2 atom stereocenters. The Bertz CT molecular complexity index is 767. The van der Waals surface area contributed by atoms with Crippen LogP contribution in [0, 0.1) is 0 Å². The molecule has 3 N–H and O–H groups in total. The monoisotopic (exact) mass is 718 g/mol. The highest BCUT2D eigenvalue weighted by Crippen LogP contribution is 2.43. The normalized spacial score (nSPS) is 13.6. The Morgan fingerprint density at radius 1 is 0.592 bits per heavy atom. The summed E-state index contributed by atoms with van der Waals surface area (Å²) in [5, 5.41) is 0. The molecule has 0 rings (SSSR count). The summed E-state index contributed by atoms with van der Waals surface area (Å²) >= 11 is 0. The summed E-state index contributed by atoms with van der Waals surface area (Å²) in [5.41, 5.74) is 5.36. The first-order valence-electron chi connectivity index (χ1n) is 20.7. The van der Waals surface area contributed by atoms with E-state index in [1.807, 2.05) is 0 Å². The minimum absolute atomic E-state index is 0.0939. The van der Waals surface area contributed by atoms with Crippen LogP contribution < -0.4 is 5.73 Å². The van der Waals surface area contributed by atoms with E-state index in [-0.39, 0.29) is 32.3 Å². The second kappa shape index (κ2) is 38.5. The van der Waals surface area contributed by atoms with Gasteiger partial charge in [0.25, 0.3) is 0 Å². The van der Waals surface area contributed by atoms with E-state index >= 15 is 0 Å². The van der Waals surface area contributed by atoms with E-state index in [0.29, 0.717) is 13.0 Å². The van der Waals surface area contributed by atoms with Crippen molar-refractivity contribution < 1.29 is 32.8 Å². The van der Waals surface area contributed by atoms with Crippen LogP contribution >= 0.6 is 7.82 Å². The van der Waals surface area contributed by atoms with Gasteiger partial charge in [-0.15, -0.1) is 0 Å². The highest BCUT2D eigenvalue weighted by molar-refractivity contribution is 7.47. The van der Waals surface area contributed by atoms with E-state index in [1.54, 1.807) is 0 Å². The lowest BCUT2D eigenvalue weighted by molar-refractivity contribution is -0.154. The van der Waals surface area contributed by atoms with Gasteiger partial charge in [0, 0.05) is 19.6 Å². The summed E-state index contributed by atoms with van der Waals surface area (Å²) in [7, 11) is -4.27. The average molecular weight is 718 g/mol. The first-order chi connectivity index (χ1) is 23.9. The number of allylic oxidation sites excluding steroid dienone is 2. The van der Waals surface area contributed by atoms with Gasteiger partial charge >= 0.3 is 13.8 Å². The molecule has 0 radical (unpaired) electrons. The zero-order valence-corrected chi connectivity index (χ0v) is 33.1. The van der Waals surface area contributed by atoms with Gasteiger partial charge in [0.15, 0.2) is 0 Å². The Hall–Kier alpha value is -0.760. The topological polar surface area (TPSA) is 117 Å². The predicted molar refractivity (Wildman–Crippen MR) is 206 cm³/mol. The van der Waals surface area contributed by atoms with E-state index < -0.39 is 13.9 Å². The van der Waals surface area contributed by atoms with Crippen LogP contribution in [0.4, 0.5) is 0 Å². The second-order valence-electron chi connectivity index (χ2n) is 13.9. The highest BCUT2D eigenvalue weighted by Gasteiger charge is 2.25. The number of esters is 1. The largest absolute Gasteiger partial charge is 0.472 e. The van der Waals surface area contributed by atoms with Crippen LogP contribution in [0.15, 0.2) is 12.2 Å². The Labute approximate surface area is 303 Å². The summed E-state index contributed by atoms with van der Waals surface area (Å²) in [4.78, 5) is 22.4. The summed E-state index contributed by atoms with van der Waals surface area (Å²) in [6.07, 6.45) is 39.3. The van der Waals surface area contributed by atoms with Gasteiger partial charge in [-0.25, -0.2) is 4.57 Å². The maximum Gasteiger partial charge on any atom is 0.472 e. The molecular weight excluding hydrogens is 637 g/mol. The Morgan fingerprint density at radius 3 is 1.49 bits per heavy atom. The molecule has 0 spiro atoms. The Kier molecular flexibility index (Phi) is 37.9. The smallest absolute Gasteiger partial charge is 0.457 e. The van der Waals surface area contributed by atoms with Crippen molar-refractivity contribution in [3.05, 3.63) is 12.2 Å². The fraction of sp³-hybridized carbons (Fsp3) is 0.925. The van der Waals surface area contributed by atoms with Crippen molar-refractivity contribution in [3.8, 4) is 0 Å². The maximum atomic E-state index is 12.5. The molecule has 8 nitrogen and oxygen atoms in total. The minimum Gasteiger partial charge on any atom is -0.457 e. The summed E-state index contributed by atoms with van der Waals surface area (Å²) in [6, 6.07) is 0. The number of ether oxygens (including phenoxy) is 2. The molecule has 0 aliphatic rings. The van der Waals surface area contributed by atoms with E-state index in [4.69, 9.17) is 24.3 Å². The molecule has 0 saturated carbocycles. The maximum absolute atomic E-state index is 12.5. The lowest BCUT2D eigenvalue weighted by atomic mass is 10.0. The number of hydrogen-bond donors (Lipinski definition) is 2. The fourth-order valence-electron chi connectivity index (χ4n) is 5.87. The molecule has 292 valence electrons. The van der Waals surface area contributed by atoms with Crippen molar-refractivity contribution in [1.29, 1.82) is 0 Å². The zero-order chi connectivity index (χ0) is 35.9. The van der Waals surface area contributed by atoms with Crippen molar-refractivity contribution in [3.63, 3.8) is 0 Å². The molecule has 9 heteroatoms. The first-order valence-corrected chi connectivity index (χ1v) is 22.2. The van der Waals surface area contributed by atoms with Gasteiger partial charge in [-0.3, -0.25) is 13.8 Å². The summed E-state index contributed by atoms with van der Waals surface area (Å²) < 4.78 is 33.4. The molecule has 49 heavy (non-hydrogen) atoms. The number of nitrogens with two attached hydrogens (primary N) is 1. The zero-order valence-electron chi connectivity index (χ0n) is 32.2. The number of carbonyl (C=O) groups is 1. The number of hydrogen-bond acceptors (Lipinski definition) is 7. The van der Waals surface area contributed by atoms with E-state index in [1.165, 1.54) is 135 Å². The van der Waals surface area contributed by atoms with Gasteiger partial charge in [-0.05, 0) is 38.5 Å². The van der Waals surface area contributed by atoms with Crippen LogP contribution in [0.2, 0.25) is 0 Å². The molecule has 0 aliphatic heterocycles. The van der Waals surface area contributed by atoms with E-state index in [2.05, 4.69) is 26.0 Å². The summed E-state index contributed by atoms with van der Waals surface area (Å²) in [6.45, 7) is 4.94. The first kappa shape index (κ1) is 48.2. The third kappa shape index (κ3) is 38.3. The molecular formula is C40H80NO7P. The number of phosphoric ester groups is 1. The Morgan fingerprint density at radius 2 is 1.02 bits per heavy atom. The molecule has 1 unspecified atom stereocenters. The lowest BCUT2D eigenvalue weighted by Gasteiger charge is -2.20. The van der Waals surface area contributed by atoms with Crippen molar-refractivity contribution >= 4 is 13.8 Å². The number of carbonyl (C=O) groups excluding carboxylic acids is 1. The molecule has 0 fully saturated rings. The van der Waals surface area contributed by atoms with Gasteiger partial charge in [-0.1, -0.05) is 167 Å².